The topological polar surface area (TPSA) is 130 Å². The molecule has 26 heavy (non-hydrogen) atoms. The molecule has 0 unspecified atom stereocenters. The van der Waals surface area contributed by atoms with Gasteiger partial charge in [0.05, 0.1) is 9.82 Å². The van der Waals surface area contributed by atoms with Crippen LogP contribution in [0.3, 0.4) is 0 Å². The summed E-state index contributed by atoms with van der Waals surface area (Å²) in [6.45, 7) is 7.34. The molecular formula is C16H25N3O6S. The fraction of sp³-hybridized carbons (Fsp3) is 0.562. The van der Waals surface area contributed by atoms with Gasteiger partial charge in [0.2, 0.25) is 10.0 Å². The highest BCUT2D eigenvalue weighted by molar-refractivity contribution is 7.89. The van der Waals surface area contributed by atoms with Gasteiger partial charge in [-0.2, -0.15) is 4.31 Å². The molecule has 1 rings (SSSR count). The predicted octanol–water partition coefficient (Wildman–Crippen LogP) is 2.68. The third-order valence-corrected chi connectivity index (χ3v) is 5.99. The number of sulfonamides is 1. The Morgan fingerprint density at radius 2 is 1.88 bits per heavy atom. The Hall–Kier alpha value is -2.20. The number of hydrogen-bond donors (Lipinski definition) is 2. The van der Waals surface area contributed by atoms with E-state index in [0.29, 0.717) is 0 Å². The van der Waals surface area contributed by atoms with Crippen LogP contribution in [0, 0.1) is 10.1 Å². The van der Waals surface area contributed by atoms with E-state index in [1.807, 2.05) is 0 Å². The third-order valence-electron chi connectivity index (χ3n) is 3.95. The number of nitro groups is 1. The van der Waals surface area contributed by atoms with Crippen molar-refractivity contribution in [2.75, 3.05) is 18.4 Å². The number of aliphatic carboxylic acids is 1. The molecule has 0 radical (unpaired) electrons. The SMILES string of the molecule is CCN(CC)S(=O)(=O)c1ccc(NC(C)(C)CCC(=O)O)c([N+](=O)[O-])c1. The smallest absolute Gasteiger partial charge is 0.303 e. The molecule has 0 fully saturated rings. The Bertz CT molecular complexity index is 772. The minimum atomic E-state index is -3.82. The van der Waals surface area contributed by atoms with E-state index in [1.165, 1.54) is 16.4 Å². The first-order valence-corrected chi connectivity index (χ1v) is 9.67. The molecule has 0 aliphatic heterocycles. The Balaban J connectivity index is 3.26. The fourth-order valence-electron chi connectivity index (χ4n) is 2.49. The molecule has 1 aromatic carbocycles. The number of anilines is 1. The summed E-state index contributed by atoms with van der Waals surface area (Å²) in [6.07, 6.45) is 0.154. The van der Waals surface area contributed by atoms with E-state index >= 15 is 0 Å². The highest BCUT2D eigenvalue weighted by Crippen LogP contribution is 2.32. The third kappa shape index (κ3) is 5.40. The minimum Gasteiger partial charge on any atom is -0.481 e. The minimum absolute atomic E-state index is 0.0950. The molecule has 0 spiro atoms. The van der Waals surface area contributed by atoms with Crippen LogP contribution < -0.4 is 5.32 Å². The largest absolute Gasteiger partial charge is 0.481 e. The number of rotatable bonds is 10. The molecule has 2 N–H and O–H groups in total. The van der Waals surface area contributed by atoms with E-state index < -0.39 is 26.5 Å². The summed E-state index contributed by atoms with van der Waals surface area (Å²) in [4.78, 5) is 21.4. The van der Waals surface area contributed by atoms with Crippen LogP contribution in [0.15, 0.2) is 23.1 Å². The van der Waals surface area contributed by atoms with Gasteiger partial charge in [-0.3, -0.25) is 14.9 Å². The van der Waals surface area contributed by atoms with Gasteiger partial charge < -0.3 is 10.4 Å². The van der Waals surface area contributed by atoms with Crippen molar-refractivity contribution < 1.29 is 23.2 Å². The van der Waals surface area contributed by atoms with Crippen molar-refractivity contribution in [3.8, 4) is 0 Å². The molecule has 0 amide bonds. The Morgan fingerprint density at radius 1 is 1.31 bits per heavy atom. The molecule has 0 bridgehead atoms. The maximum Gasteiger partial charge on any atom is 0.303 e. The number of carboxylic acids is 1. The first-order valence-electron chi connectivity index (χ1n) is 8.23. The van der Waals surface area contributed by atoms with E-state index in [0.717, 1.165) is 6.07 Å². The number of nitrogens with zero attached hydrogens (tertiary/aromatic N) is 2. The first kappa shape index (κ1) is 21.8. The van der Waals surface area contributed by atoms with Crippen LogP contribution in [0.4, 0.5) is 11.4 Å². The van der Waals surface area contributed by atoms with Crippen LogP contribution in [0.25, 0.3) is 0 Å². The summed E-state index contributed by atoms with van der Waals surface area (Å²) in [5, 5.41) is 23.2. The molecule has 1 aromatic rings. The Labute approximate surface area is 153 Å². The fourth-order valence-corrected chi connectivity index (χ4v) is 3.97. The van der Waals surface area contributed by atoms with Crippen LogP contribution in [0.1, 0.15) is 40.5 Å². The normalized spacial score (nSPS) is 12.2. The zero-order valence-corrected chi connectivity index (χ0v) is 16.2. The number of nitrogens with one attached hydrogen (secondary N) is 1. The number of hydrogen-bond acceptors (Lipinski definition) is 6. The molecule has 10 heteroatoms. The van der Waals surface area contributed by atoms with Gasteiger partial charge in [0.1, 0.15) is 5.69 Å². The second kappa shape index (κ2) is 8.45. The molecule has 146 valence electrons. The van der Waals surface area contributed by atoms with Crippen molar-refractivity contribution in [2.24, 2.45) is 0 Å². The molecule has 0 aromatic heterocycles. The van der Waals surface area contributed by atoms with Crippen molar-refractivity contribution in [1.82, 2.24) is 4.31 Å². The van der Waals surface area contributed by atoms with Crippen LogP contribution in [0.2, 0.25) is 0 Å². The maximum atomic E-state index is 12.6. The molecule has 0 aliphatic carbocycles. The van der Waals surface area contributed by atoms with Gasteiger partial charge in [0.25, 0.3) is 5.69 Å². The number of carboxylic acid groups (broad SMARTS) is 1. The monoisotopic (exact) mass is 387 g/mol. The highest BCUT2D eigenvalue weighted by atomic mass is 32.2. The zero-order valence-electron chi connectivity index (χ0n) is 15.4. The molecule has 0 heterocycles. The second-order valence-electron chi connectivity index (χ2n) is 6.43. The molecular weight excluding hydrogens is 362 g/mol. The van der Waals surface area contributed by atoms with E-state index in [4.69, 9.17) is 5.11 Å². The Morgan fingerprint density at radius 3 is 2.35 bits per heavy atom. The average molecular weight is 387 g/mol. The van der Waals surface area contributed by atoms with Gasteiger partial charge in [0.15, 0.2) is 0 Å². The molecule has 0 aliphatic rings. The summed E-state index contributed by atoms with van der Waals surface area (Å²) >= 11 is 0. The summed E-state index contributed by atoms with van der Waals surface area (Å²) in [6, 6.07) is 3.69. The van der Waals surface area contributed by atoms with E-state index in [2.05, 4.69) is 5.32 Å². The van der Waals surface area contributed by atoms with E-state index in [1.54, 1.807) is 27.7 Å². The van der Waals surface area contributed by atoms with Gasteiger partial charge in [-0.25, -0.2) is 8.42 Å². The van der Waals surface area contributed by atoms with E-state index in [9.17, 15) is 23.3 Å². The van der Waals surface area contributed by atoms with Gasteiger partial charge >= 0.3 is 5.97 Å². The van der Waals surface area contributed by atoms with Crippen molar-refractivity contribution in [3.05, 3.63) is 28.3 Å². The van der Waals surface area contributed by atoms with Gasteiger partial charge in [-0.1, -0.05) is 13.8 Å². The quantitative estimate of drug-likeness (QED) is 0.466. The predicted molar refractivity (Wildman–Crippen MR) is 97.8 cm³/mol. The van der Waals surface area contributed by atoms with E-state index in [-0.39, 0.29) is 42.2 Å². The maximum absolute atomic E-state index is 12.6. The van der Waals surface area contributed by atoms with Gasteiger partial charge in [0, 0.05) is 31.1 Å². The molecule has 0 saturated carbocycles. The van der Waals surface area contributed by atoms with Crippen LogP contribution in [-0.4, -0.2) is 47.4 Å². The molecule has 0 atom stereocenters. The van der Waals surface area contributed by atoms with Crippen molar-refractivity contribution in [2.45, 2.75) is 51.0 Å². The second-order valence-corrected chi connectivity index (χ2v) is 8.37. The van der Waals surface area contributed by atoms with Crippen LogP contribution in [-0.2, 0) is 14.8 Å². The lowest BCUT2D eigenvalue weighted by Crippen LogP contribution is -2.32. The summed E-state index contributed by atoms with van der Waals surface area (Å²) < 4.78 is 26.3. The van der Waals surface area contributed by atoms with Crippen LogP contribution in [0.5, 0.6) is 0 Å². The lowest BCUT2D eigenvalue weighted by atomic mass is 9.97. The zero-order chi connectivity index (χ0) is 20.1. The van der Waals surface area contributed by atoms with Crippen molar-refractivity contribution in [3.63, 3.8) is 0 Å². The summed E-state index contributed by atoms with van der Waals surface area (Å²) in [7, 11) is -3.82. The molecule has 9 nitrogen and oxygen atoms in total. The molecule has 0 saturated heterocycles. The summed E-state index contributed by atoms with van der Waals surface area (Å²) in [5.41, 5.74) is -0.951. The van der Waals surface area contributed by atoms with Gasteiger partial charge in [-0.05, 0) is 32.4 Å². The number of benzene rings is 1. The average Bonchev–Trinajstić information content (AvgIpc) is 2.53. The highest BCUT2D eigenvalue weighted by Gasteiger charge is 2.28. The lowest BCUT2D eigenvalue weighted by Gasteiger charge is -2.27. The lowest BCUT2D eigenvalue weighted by molar-refractivity contribution is -0.384. The standard InChI is InChI=1S/C16H25N3O6S/c1-5-18(6-2)26(24,25)12-7-8-13(14(11-12)19(22)23)17-16(3,4)10-9-15(20)21/h7-8,11,17H,5-6,9-10H2,1-4H3,(H,20,21). The van der Waals surface area contributed by atoms with Gasteiger partial charge in [-0.15, -0.1) is 0 Å². The number of carbonyl (C=O) groups is 1. The number of nitro benzene ring substituents is 1. The summed E-state index contributed by atoms with van der Waals surface area (Å²) in [5.74, 6) is -0.963. The Kier molecular flexibility index (Phi) is 7.10. The van der Waals surface area contributed by atoms with Crippen molar-refractivity contribution in [1.29, 1.82) is 0 Å². The van der Waals surface area contributed by atoms with Crippen LogP contribution >= 0.6 is 0 Å². The first-order chi connectivity index (χ1) is 11.9. The van der Waals surface area contributed by atoms with Crippen molar-refractivity contribution >= 4 is 27.4 Å².